The number of thioether (sulfide) groups is 2. The van der Waals surface area contributed by atoms with Crippen LogP contribution < -0.4 is 5.32 Å². The van der Waals surface area contributed by atoms with Gasteiger partial charge in [-0.05, 0) is 42.8 Å². The summed E-state index contributed by atoms with van der Waals surface area (Å²) in [6, 6.07) is 14.4. The van der Waals surface area contributed by atoms with Crippen LogP contribution in [0.1, 0.15) is 28.7 Å². The normalized spacial score (nSPS) is 10.7. The van der Waals surface area contributed by atoms with E-state index in [1.165, 1.54) is 24.4 Å². The summed E-state index contributed by atoms with van der Waals surface area (Å²) in [5.74, 6) is 1.98. The molecule has 0 aliphatic carbocycles. The summed E-state index contributed by atoms with van der Waals surface area (Å²) in [6.45, 7) is 2.74. The number of hydrogen-bond donors (Lipinski definition) is 1. The van der Waals surface area contributed by atoms with Gasteiger partial charge in [-0.2, -0.15) is 0 Å². The Balaban J connectivity index is 1.52. The van der Waals surface area contributed by atoms with E-state index in [1.807, 2.05) is 35.8 Å². The van der Waals surface area contributed by atoms with Gasteiger partial charge in [0.2, 0.25) is 5.91 Å². The summed E-state index contributed by atoms with van der Waals surface area (Å²) in [5, 5.41) is 12.8. The van der Waals surface area contributed by atoms with Gasteiger partial charge in [0.1, 0.15) is 5.82 Å². The molecule has 7 nitrogen and oxygen atoms in total. The molecule has 0 aliphatic heterocycles. The van der Waals surface area contributed by atoms with Crippen LogP contribution >= 0.6 is 35.1 Å². The van der Waals surface area contributed by atoms with Gasteiger partial charge in [-0.15, -0.1) is 22.0 Å². The number of hydrogen-bond acceptors (Lipinski definition) is 7. The molecule has 0 atom stereocenters. The molecule has 0 radical (unpaired) electrons. The molecule has 32 heavy (non-hydrogen) atoms. The average molecular weight is 491 g/mol. The SMILES string of the molecule is CCn1c(CSCc2ccc(Cl)cc2)nnc1SCC(=O)Nc1cccc(C(=O)OC)c1. The standard InChI is InChI=1S/C22H23ClN4O3S2/c1-3-27-19(13-31-12-15-7-9-17(23)10-8-15)25-26-22(27)32-14-20(28)24-18-6-4-5-16(11-18)21(29)30-2/h4-11H,3,12-14H2,1-2H3,(H,24,28). The summed E-state index contributed by atoms with van der Waals surface area (Å²) in [5.41, 5.74) is 2.11. The number of methoxy groups -OCH3 is 1. The van der Waals surface area contributed by atoms with Gasteiger partial charge in [0, 0.05) is 23.0 Å². The highest BCUT2D eigenvalue weighted by Crippen LogP contribution is 2.23. The summed E-state index contributed by atoms with van der Waals surface area (Å²) in [6.07, 6.45) is 0. The van der Waals surface area contributed by atoms with E-state index in [0.29, 0.717) is 16.4 Å². The first kappa shape index (κ1) is 24.2. The number of anilines is 1. The number of carbonyl (C=O) groups is 2. The van der Waals surface area contributed by atoms with Crippen LogP contribution in [-0.4, -0.2) is 39.5 Å². The molecule has 0 saturated carbocycles. The van der Waals surface area contributed by atoms with Crippen molar-refractivity contribution in [1.82, 2.24) is 14.8 Å². The number of carbonyl (C=O) groups excluding carboxylic acids is 2. The Labute approximate surface area is 200 Å². The van der Waals surface area contributed by atoms with E-state index in [9.17, 15) is 9.59 Å². The first-order valence-electron chi connectivity index (χ1n) is 9.85. The molecule has 2 aromatic carbocycles. The largest absolute Gasteiger partial charge is 0.465 e. The highest BCUT2D eigenvalue weighted by Gasteiger charge is 2.14. The van der Waals surface area contributed by atoms with E-state index >= 15 is 0 Å². The van der Waals surface area contributed by atoms with E-state index in [4.69, 9.17) is 16.3 Å². The maximum Gasteiger partial charge on any atom is 0.337 e. The van der Waals surface area contributed by atoms with Gasteiger partial charge >= 0.3 is 5.97 Å². The lowest BCUT2D eigenvalue weighted by Crippen LogP contribution is -2.15. The number of amides is 1. The van der Waals surface area contributed by atoms with Crippen molar-refractivity contribution >= 4 is 52.7 Å². The Hall–Kier alpha value is -2.49. The first-order chi connectivity index (χ1) is 15.5. The Morgan fingerprint density at radius 2 is 1.91 bits per heavy atom. The van der Waals surface area contributed by atoms with Crippen molar-refractivity contribution < 1.29 is 14.3 Å². The van der Waals surface area contributed by atoms with Gasteiger partial charge in [0.15, 0.2) is 5.16 Å². The van der Waals surface area contributed by atoms with Gasteiger partial charge in [-0.1, -0.05) is 41.6 Å². The van der Waals surface area contributed by atoms with Crippen LogP contribution in [0.4, 0.5) is 5.69 Å². The molecule has 3 aromatic rings. The van der Waals surface area contributed by atoms with Crippen molar-refractivity contribution in [2.75, 3.05) is 18.2 Å². The summed E-state index contributed by atoms with van der Waals surface area (Å²) in [4.78, 5) is 24.0. The number of aromatic nitrogens is 3. The number of ether oxygens (including phenoxy) is 1. The van der Waals surface area contributed by atoms with Crippen molar-refractivity contribution in [2.45, 2.75) is 30.1 Å². The Bertz CT molecular complexity index is 1070. The molecular formula is C22H23ClN4O3S2. The van der Waals surface area contributed by atoms with E-state index < -0.39 is 5.97 Å². The molecule has 0 spiro atoms. The second-order valence-corrected chi connectivity index (χ2v) is 9.04. The molecule has 1 N–H and O–H groups in total. The minimum Gasteiger partial charge on any atom is -0.465 e. The van der Waals surface area contributed by atoms with E-state index in [0.717, 1.165) is 28.9 Å². The number of halogens is 1. The lowest BCUT2D eigenvalue weighted by atomic mass is 10.2. The fourth-order valence-electron chi connectivity index (χ4n) is 2.86. The second kappa shape index (κ2) is 11.9. The molecule has 168 valence electrons. The zero-order chi connectivity index (χ0) is 22.9. The highest BCUT2D eigenvalue weighted by atomic mass is 35.5. The predicted octanol–water partition coefficient (Wildman–Crippen LogP) is 4.90. The maximum absolute atomic E-state index is 12.4. The van der Waals surface area contributed by atoms with Crippen LogP contribution in [-0.2, 0) is 27.6 Å². The number of benzene rings is 2. The molecule has 0 unspecified atom stereocenters. The predicted molar refractivity (Wildman–Crippen MR) is 129 cm³/mol. The highest BCUT2D eigenvalue weighted by molar-refractivity contribution is 7.99. The second-order valence-electron chi connectivity index (χ2n) is 6.67. The number of nitrogens with zero attached hydrogens (tertiary/aromatic N) is 3. The minimum atomic E-state index is -0.451. The van der Waals surface area contributed by atoms with E-state index in [2.05, 4.69) is 15.5 Å². The Kier molecular flexibility index (Phi) is 9.01. The fraction of sp³-hybridized carbons (Fsp3) is 0.273. The summed E-state index contributed by atoms with van der Waals surface area (Å²) in [7, 11) is 1.32. The van der Waals surface area contributed by atoms with Gasteiger partial charge in [-0.25, -0.2) is 4.79 Å². The van der Waals surface area contributed by atoms with E-state index in [-0.39, 0.29) is 11.7 Å². The van der Waals surface area contributed by atoms with Crippen LogP contribution in [0.3, 0.4) is 0 Å². The molecule has 1 amide bonds. The van der Waals surface area contributed by atoms with Crippen LogP contribution in [0.5, 0.6) is 0 Å². The topological polar surface area (TPSA) is 86.1 Å². The Morgan fingerprint density at radius 1 is 1.12 bits per heavy atom. The molecular weight excluding hydrogens is 468 g/mol. The Morgan fingerprint density at radius 3 is 2.62 bits per heavy atom. The lowest BCUT2D eigenvalue weighted by Gasteiger charge is -2.08. The first-order valence-corrected chi connectivity index (χ1v) is 12.4. The smallest absolute Gasteiger partial charge is 0.337 e. The van der Waals surface area contributed by atoms with Crippen molar-refractivity contribution in [2.24, 2.45) is 0 Å². The van der Waals surface area contributed by atoms with E-state index in [1.54, 1.807) is 36.0 Å². The summed E-state index contributed by atoms with van der Waals surface area (Å²) < 4.78 is 6.72. The average Bonchev–Trinajstić information content (AvgIpc) is 3.20. The molecule has 1 heterocycles. The zero-order valence-corrected chi connectivity index (χ0v) is 20.1. The third-order valence-electron chi connectivity index (χ3n) is 4.42. The molecule has 0 aliphatic rings. The van der Waals surface area contributed by atoms with Crippen molar-refractivity contribution in [3.8, 4) is 0 Å². The molecule has 0 fully saturated rings. The van der Waals surface area contributed by atoms with Crippen LogP contribution in [0.15, 0.2) is 53.7 Å². The van der Waals surface area contributed by atoms with Crippen molar-refractivity contribution in [1.29, 1.82) is 0 Å². The number of nitrogens with one attached hydrogen (secondary N) is 1. The van der Waals surface area contributed by atoms with Crippen molar-refractivity contribution in [3.05, 3.63) is 70.5 Å². The molecule has 0 saturated heterocycles. The van der Waals surface area contributed by atoms with Crippen LogP contribution in [0.25, 0.3) is 0 Å². The quantitative estimate of drug-likeness (QED) is 0.319. The van der Waals surface area contributed by atoms with Gasteiger partial charge in [0.25, 0.3) is 0 Å². The molecule has 1 aromatic heterocycles. The van der Waals surface area contributed by atoms with Gasteiger partial charge < -0.3 is 14.6 Å². The summed E-state index contributed by atoms with van der Waals surface area (Å²) >= 11 is 9.00. The lowest BCUT2D eigenvalue weighted by molar-refractivity contribution is -0.113. The van der Waals surface area contributed by atoms with Crippen molar-refractivity contribution in [3.63, 3.8) is 0 Å². The third kappa shape index (κ3) is 6.75. The monoisotopic (exact) mass is 490 g/mol. The van der Waals surface area contributed by atoms with Crippen LogP contribution in [0.2, 0.25) is 5.02 Å². The molecule has 0 bridgehead atoms. The minimum absolute atomic E-state index is 0.179. The molecule has 10 heteroatoms. The zero-order valence-electron chi connectivity index (χ0n) is 17.7. The third-order valence-corrected chi connectivity index (χ3v) is 6.64. The van der Waals surface area contributed by atoms with Gasteiger partial charge in [0.05, 0.1) is 24.2 Å². The number of esters is 1. The molecule has 3 rings (SSSR count). The van der Waals surface area contributed by atoms with Crippen LogP contribution in [0, 0.1) is 0 Å². The fourth-order valence-corrected chi connectivity index (χ4v) is 4.73. The van der Waals surface area contributed by atoms with Gasteiger partial charge in [-0.3, -0.25) is 4.79 Å². The number of rotatable bonds is 10. The maximum atomic E-state index is 12.4.